The van der Waals surface area contributed by atoms with Crippen molar-refractivity contribution in [2.24, 2.45) is 63.6 Å². The number of carboxylic acids is 6. The summed E-state index contributed by atoms with van der Waals surface area (Å²) in [5, 5.41) is 48.9. The molecule has 1 saturated carbocycles. The van der Waals surface area contributed by atoms with Gasteiger partial charge in [-0.15, -0.1) is 0 Å². The molecule has 22 heteroatoms. The minimum atomic E-state index is -0.968. The minimum Gasteiger partial charge on any atom is -0.481 e. The number of unbranched alkanes of at least 4 members (excludes halogenated alkanes) is 1. The first-order valence-corrected chi connectivity index (χ1v) is 19.1. The summed E-state index contributed by atoms with van der Waals surface area (Å²) in [6.07, 6.45) is 5.98. The number of carbonyl (C=O) groups is 7. The zero-order valence-electron chi connectivity index (χ0n) is 35.7. The summed E-state index contributed by atoms with van der Waals surface area (Å²) < 4.78 is 4.91. The Balaban J connectivity index is -0.000000199. The summed E-state index contributed by atoms with van der Waals surface area (Å²) in [4.78, 5) is 70.5. The number of benzene rings is 1. The number of ether oxygens (including phenoxy) is 1. The number of hydrogen-bond acceptors (Lipinski definition) is 16. The van der Waals surface area contributed by atoms with E-state index < -0.39 is 72.0 Å². The second kappa shape index (κ2) is 39.6. The van der Waals surface area contributed by atoms with E-state index in [-0.39, 0.29) is 24.4 Å². The topological polar surface area (TPSA) is 458 Å². The van der Waals surface area contributed by atoms with Crippen LogP contribution in [-0.2, 0) is 33.6 Å². The van der Waals surface area contributed by atoms with Crippen molar-refractivity contribution in [1.82, 2.24) is 0 Å². The fourth-order valence-corrected chi connectivity index (χ4v) is 3.59. The van der Waals surface area contributed by atoms with E-state index in [1.807, 2.05) is 19.9 Å². The molecule has 0 heterocycles. The van der Waals surface area contributed by atoms with Gasteiger partial charge in [-0.05, 0) is 89.3 Å². The Kier molecular flexibility index (Phi) is 42.5. The number of hydrogen-bond donors (Lipinski definition) is 14. The van der Waals surface area contributed by atoms with Crippen LogP contribution in [0.15, 0.2) is 30.3 Å². The molecule has 22 N–H and O–H groups in total. The van der Waals surface area contributed by atoms with Crippen molar-refractivity contribution in [2.45, 2.75) is 129 Å². The zero-order chi connectivity index (χ0) is 48.1. The maximum atomic E-state index is 11.0. The number of carboxylic acid groups (broad SMARTS) is 6. The largest absolute Gasteiger partial charge is 0.481 e. The maximum absolute atomic E-state index is 11.0. The van der Waals surface area contributed by atoms with E-state index in [1.54, 1.807) is 45.0 Å². The lowest BCUT2D eigenvalue weighted by atomic mass is 9.87. The summed E-state index contributed by atoms with van der Waals surface area (Å²) in [6, 6.07) is 5.68. The van der Waals surface area contributed by atoms with Gasteiger partial charge in [0.05, 0.1) is 12.5 Å². The van der Waals surface area contributed by atoms with Gasteiger partial charge in [-0.25, -0.2) is 4.79 Å². The SMILES string of the molecule is CC(C)C[C@H](N)C(=O)O.CC(C)[C@H](N)C(=O)O.C[C@H](N)C(=O)O.C[C@H](N)C(=O)Oc1ccccc1.NC1CCC(C(=O)O)CC1.NCC(=O)O.NCCCC[C@H](N)C(=O)O. The van der Waals surface area contributed by atoms with Crippen LogP contribution in [-0.4, -0.2) is 122 Å². The number of carbonyl (C=O) groups excluding carboxylic acids is 1. The van der Waals surface area contributed by atoms with Crippen LogP contribution < -0.4 is 50.6 Å². The summed E-state index contributed by atoms with van der Waals surface area (Å²) >= 11 is 0. The molecule has 1 aromatic carbocycles. The van der Waals surface area contributed by atoms with E-state index >= 15 is 0 Å². The fraction of sp³-hybridized carbons (Fsp3) is 0.658. The molecule has 22 nitrogen and oxygen atoms in total. The first-order valence-electron chi connectivity index (χ1n) is 19.1. The van der Waals surface area contributed by atoms with Crippen LogP contribution in [0.5, 0.6) is 5.75 Å². The predicted molar refractivity (Wildman–Crippen MR) is 225 cm³/mol. The molecule has 0 aliphatic heterocycles. The van der Waals surface area contributed by atoms with Crippen LogP contribution in [0.25, 0.3) is 0 Å². The standard InChI is InChI=1S/C9H11NO2.C7H13NO2.C6H14N2O2.C6H13NO2.C5H11NO2.C3H7NO2.C2H5NO2/c1-7(10)9(11)12-8-5-3-2-4-6-8;8-6-3-1-5(2-4-6)7(9)10;7-4-2-1-3-5(8)6(9)10;1-4(2)3-5(7)6(8)9;1-3(2)4(6)5(7)8;1-2(4)3(5)6;3-1-2(4)5/h2-7H,10H2,1H3;5-6H,1-4,8H2,(H,9,10);5H,1-4,7-8H2,(H,9,10);4-5H,3,7H2,1-2H3,(H,8,9);3-4H,6H2,1-2H3,(H,7,8);2H,4H2,1H3,(H,5,6);1,3H2,(H,4,5)/t7-;;2*5-;4-;2-;/m0.0000./s1. The minimum absolute atomic E-state index is 0.0208. The summed E-state index contributed by atoms with van der Waals surface area (Å²) in [5.41, 5.74) is 41.1. The molecule has 1 fully saturated rings. The Morgan fingerprint density at radius 2 is 1.08 bits per heavy atom. The van der Waals surface area contributed by atoms with Crippen molar-refractivity contribution < 1.29 is 68.9 Å². The highest BCUT2D eigenvalue weighted by Crippen LogP contribution is 2.22. The van der Waals surface area contributed by atoms with Gasteiger partial charge in [-0.2, -0.15) is 0 Å². The van der Waals surface area contributed by atoms with Crippen LogP contribution in [0.2, 0.25) is 0 Å². The molecule has 0 spiro atoms. The van der Waals surface area contributed by atoms with Crippen LogP contribution in [0.1, 0.15) is 92.9 Å². The lowest BCUT2D eigenvalue weighted by molar-refractivity contribution is -0.143. The molecule has 60 heavy (non-hydrogen) atoms. The van der Waals surface area contributed by atoms with Crippen LogP contribution in [0, 0.1) is 17.8 Å². The van der Waals surface area contributed by atoms with Gasteiger partial charge in [0, 0.05) is 6.04 Å². The Morgan fingerprint density at radius 1 is 0.650 bits per heavy atom. The Morgan fingerprint density at radius 3 is 1.33 bits per heavy atom. The molecule has 0 saturated heterocycles. The van der Waals surface area contributed by atoms with Gasteiger partial charge in [0.1, 0.15) is 36.0 Å². The Hall–Kier alpha value is -4.81. The summed E-state index contributed by atoms with van der Waals surface area (Å²) in [5.74, 6) is -5.00. The van der Waals surface area contributed by atoms with E-state index in [1.165, 1.54) is 6.92 Å². The summed E-state index contributed by atoms with van der Waals surface area (Å²) in [7, 11) is 0. The monoisotopic (exact) mass is 867 g/mol. The Bertz CT molecular complexity index is 1310. The predicted octanol–water partition coefficient (Wildman–Crippen LogP) is 0.00160. The molecule has 350 valence electrons. The van der Waals surface area contributed by atoms with Gasteiger partial charge in [0.25, 0.3) is 0 Å². The van der Waals surface area contributed by atoms with E-state index in [9.17, 15) is 33.6 Å². The van der Waals surface area contributed by atoms with E-state index in [0.717, 1.165) is 38.5 Å². The van der Waals surface area contributed by atoms with E-state index in [0.29, 0.717) is 31.1 Å². The number of aliphatic carboxylic acids is 6. The number of esters is 1. The van der Waals surface area contributed by atoms with Gasteiger partial charge in [0.15, 0.2) is 0 Å². The molecule has 1 aliphatic carbocycles. The second-order valence-corrected chi connectivity index (χ2v) is 14.1. The van der Waals surface area contributed by atoms with E-state index in [2.05, 4.69) is 5.73 Å². The highest BCUT2D eigenvalue weighted by molar-refractivity contribution is 5.77. The van der Waals surface area contributed by atoms with E-state index in [4.69, 9.17) is 75.5 Å². The molecule has 0 amide bonds. The average molecular weight is 867 g/mol. The van der Waals surface area contributed by atoms with Crippen molar-refractivity contribution in [3.63, 3.8) is 0 Å². The number of para-hydroxylation sites is 1. The highest BCUT2D eigenvalue weighted by Gasteiger charge is 2.23. The molecule has 1 aromatic rings. The number of nitrogens with two attached hydrogens (primary N) is 8. The second-order valence-electron chi connectivity index (χ2n) is 14.1. The lowest BCUT2D eigenvalue weighted by Crippen LogP contribution is -2.34. The highest BCUT2D eigenvalue weighted by atomic mass is 16.5. The maximum Gasteiger partial charge on any atom is 0.328 e. The third-order valence-corrected chi connectivity index (χ3v) is 7.35. The molecule has 0 unspecified atom stereocenters. The summed E-state index contributed by atoms with van der Waals surface area (Å²) in [6.45, 7) is 10.8. The first kappa shape index (κ1) is 64.3. The smallest absolute Gasteiger partial charge is 0.328 e. The molecule has 0 radical (unpaired) electrons. The third-order valence-electron chi connectivity index (χ3n) is 7.35. The van der Waals surface area contributed by atoms with Gasteiger partial charge in [0.2, 0.25) is 0 Å². The van der Waals surface area contributed by atoms with Crippen LogP contribution in [0.3, 0.4) is 0 Å². The molecule has 1 aliphatic rings. The Labute approximate surface area is 352 Å². The van der Waals surface area contributed by atoms with Crippen molar-refractivity contribution in [3.05, 3.63) is 30.3 Å². The fourth-order valence-electron chi connectivity index (χ4n) is 3.59. The lowest BCUT2D eigenvalue weighted by Gasteiger charge is -2.22. The van der Waals surface area contributed by atoms with Crippen molar-refractivity contribution in [3.8, 4) is 5.75 Å². The first-order chi connectivity index (χ1) is 27.6. The van der Waals surface area contributed by atoms with Gasteiger partial charge in [-0.1, -0.05) is 52.3 Å². The third kappa shape index (κ3) is 45.9. The molecular formula is C38H74N8O14. The van der Waals surface area contributed by atoms with Crippen LogP contribution in [0.4, 0.5) is 0 Å². The van der Waals surface area contributed by atoms with Crippen molar-refractivity contribution in [2.75, 3.05) is 13.1 Å². The molecular weight excluding hydrogens is 792 g/mol. The molecule has 5 atom stereocenters. The van der Waals surface area contributed by atoms with Gasteiger partial charge in [-0.3, -0.25) is 28.8 Å². The van der Waals surface area contributed by atoms with Crippen LogP contribution >= 0.6 is 0 Å². The molecule has 0 bridgehead atoms. The zero-order valence-corrected chi connectivity index (χ0v) is 35.7. The van der Waals surface area contributed by atoms with Gasteiger partial charge < -0.3 is 81.2 Å². The van der Waals surface area contributed by atoms with Crippen molar-refractivity contribution >= 4 is 41.8 Å². The number of rotatable bonds is 15. The quantitative estimate of drug-likeness (QED) is 0.0626. The average Bonchev–Trinajstić information content (AvgIpc) is 3.16. The normalized spacial score (nSPS) is 16.1. The van der Waals surface area contributed by atoms with Crippen molar-refractivity contribution in [1.29, 1.82) is 0 Å². The molecule has 2 rings (SSSR count). The van der Waals surface area contributed by atoms with Gasteiger partial charge >= 0.3 is 41.8 Å². The molecule has 0 aromatic heterocycles.